The fourth-order valence-electron chi connectivity index (χ4n) is 2.74. The van der Waals surface area contributed by atoms with Crippen LogP contribution in [0.25, 0.3) is 0 Å². The van der Waals surface area contributed by atoms with Crippen LogP contribution in [0.15, 0.2) is 10.7 Å². The molecule has 2 saturated carbocycles. The van der Waals surface area contributed by atoms with E-state index in [-0.39, 0.29) is 17.7 Å². The van der Waals surface area contributed by atoms with Crippen molar-refractivity contribution in [2.24, 2.45) is 5.92 Å². The first kappa shape index (κ1) is 14.1. The molecule has 0 spiro atoms. The lowest BCUT2D eigenvalue weighted by molar-refractivity contribution is -0.131. The van der Waals surface area contributed by atoms with Crippen LogP contribution in [0.5, 0.6) is 0 Å². The van der Waals surface area contributed by atoms with Gasteiger partial charge in [-0.25, -0.2) is 9.97 Å². The Hall–Kier alpha value is -1.50. The molecule has 0 bridgehead atoms. The van der Waals surface area contributed by atoms with Gasteiger partial charge in [-0.2, -0.15) is 0 Å². The van der Waals surface area contributed by atoms with E-state index in [9.17, 15) is 9.59 Å². The maximum absolute atomic E-state index is 12.7. The van der Waals surface area contributed by atoms with Crippen LogP contribution in [0.1, 0.15) is 47.9 Å². The van der Waals surface area contributed by atoms with Crippen molar-refractivity contribution in [2.45, 2.75) is 31.6 Å². The Morgan fingerprint density at radius 2 is 1.86 bits per heavy atom. The van der Waals surface area contributed by atoms with Crippen molar-refractivity contribution in [3.63, 3.8) is 0 Å². The molecule has 22 heavy (non-hydrogen) atoms. The van der Waals surface area contributed by atoms with E-state index in [1.807, 2.05) is 0 Å². The van der Waals surface area contributed by atoms with Gasteiger partial charge in [0.15, 0.2) is 0 Å². The Bertz CT molecular complexity index is 642. The molecule has 1 aromatic heterocycles. The predicted octanol–water partition coefficient (Wildman–Crippen LogP) is 1.77. The van der Waals surface area contributed by atoms with E-state index in [1.165, 1.54) is 0 Å². The molecule has 3 aliphatic rings. The molecular weight excluding hydrogens is 348 g/mol. The first-order valence-electron chi connectivity index (χ1n) is 7.74. The Morgan fingerprint density at radius 3 is 2.55 bits per heavy atom. The first-order chi connectivity index (χ1) is 10.6. The molecule has 0 atom stereocenters. The number of hydrogen-bond donors (Lipinski definition) is 0. The summed E-state index contributed by atoms with van der Waals surface area (Å²) in [4.78, 5) is 37.0. The lowest BCUT2D eigenvalue weighted by atomic mass is 10.3. The summed E-state index contributed by atoms with van der Waals surface area (Å²) < 4.78 is 0.619. The number of rotatable bonds is 3. The number of halogens is 1. The third-order valence-corrected chi connectivity index (χ3v) is 4.99. The van der Waals surface area contributed by atoms with Crippen molar-refractivity contribution in [3.8, 4) is 0 Å². The van der Waals surface area contributed by atoms with Crippen LogP contribution in [0.4, 0.5) is 0 Å². The topological polar surface area (TPSA) is 66.4 Å². The van der Waals surface area contributed by atoms with Crippen molar-refractivity contribution >= 4 is 27.7 Å². The maximum atomic E-state index is 12.7. The summed E-state index contributed by atoms with van der Waals surface area (Å²) in [5.41, 5.74) is 0.414. The average molecular weight is 365 g/mol. The SMILES string of the molecule is O=C(c1nc(C2CC2)ncc1Br)N1CCN(C(=O)C2CC2)C1. The van der Waals surface area contributed by atoms with Gasteiger partial charge in [0.25, 0.3) is 5.91 Å². The first-order valence-corrected chi connectivity index (χ1v) is 8.53. The van der Waals surface area contributed by atoms with Gasteiger partial charge < -0.3 is 9.80 Å². The minimum absolute atomic E-state index is 0.123. The van der Waals surface area contributed by atoms with Crippen LogP contribution in [0.3, 0.4) is 0 Å². The van der Waals surface area contributed by atoms with Crippen molar-refractivity contribution in [1.29, 1.82) is 0 Å². The summed E-state index contributed by atoms with van der Waals surface area (Å²) in [5, 5.41) is 0. The van der Waals surface area contributed by atoms with E-state index in [4.69, 9.17) is 0 Å². The van der Waals surface area contributed by atoms with Crippen LogP contribution >= 0.6 is 15.9 Å². The van der Waals surface area contributed by atoms with Crippen molar-refractivity contribution in [1.82, 2.24) is 19.8 Å². The monoisotopic (exact) mass is 364 g/mol. The van der Waals surface area contributed by atoms with Gasteiger partial charge in [0.1, 0.15) is 11.5 Å². The molecule has 0 radical (unpaired) electrons. The molecule has 2 aliphatic carbocycles. The van der Waals surface area contributed by atoms with E-state index in [0.29, 0.717) is 35.8 Å². The van der Waals surface area contributed by atoms with E-state index in [1.54, 1.807) is 16.0 Å². The minimum atomic E-state index is -0.123. The molecule has 1 saturated heterocycles. The Kier molecular flexibility index (Phi) is 3.40. The normalized spacial score (nSPS) is 21.3. The van der Waals surface area contributed by atoms with Crippen molar-refractivity contribution in [3.05, 3.63) is 22.2 Å². The highest BCUT2D eigenvalue weighted by Gasteiger charge is 2.38. The molecule has 2 heterocycles. The second-order valence-corrected chi connectivity index (χ2v) is 7.14. The van der Waals surface area contributed by atoms with Gasteiger partial charge in [0, 0.05) is 31.1 Å². The lowest BCUT2D eigenvalue weighted by Crippen LogP contribution is -2.35. The fraction of sp³-hybridized carbons (Fsp3) is 0.600. The van der Waals surface area contributed by atoms with Crippen LogP contribution in [0.2, 0.25) is 0 Å². The van der Waals surface area contributed by atoms with E-state index in [2.05, 4.69) is 25.9 Å². The largest absolute Gasteiger partial charge is 0.323 e. The molecule has 2 amide bonds. The third kappa shape index (κ3) is 2.62. The molecule has 116 valence electrons. The highest BCUT2D eigenvalue weighted by molar-refractivity contribution is 9.10. The van der Waals surface area contributed by atoms with Crippen molar-refractivity contribution in [2.75, 3.05) is 19.8 Å². The van der Waals surface area contributed by atoms with Gasteiger partial charge in [-0.05, 0) is 41.6 Å². The molecule has 0 N–H and O–H groups in total. The number of aromatic nitrogens is 2. The summed E-state index contributed by atoms with van der Waals surface area (Å²) in [6.07, 6.45) is 5.85. The van der Waals surface area contributed by atoms with Crippen LogP contribution in [0, 0.1) is 5.92 Å². The molecule has 1 aliphatic heterocycles. The van der Waals surface area contributed by atoms with Gasteiger partial charge in [-0.15, -0.1) is 0 Å². The zero-order chi connectivity index (χ0) is 15.3. The second-order valence-electron chi connectivity index (χ2n) is 6.28. The van der Waals surface area contributed by atoms with Gasteiger partial charge in [-0.3, -0.25) is 9.59 Å². The Balaban J connectivity index is 1.49. The summed E-state index contributed by atoms with van der Waals surface area (Å²) in [6.45, 7) is 1.58. The number of carbonyl (C=O) groups excluding carboxylic acids is 2. The molecule has 4 rings (SSSR count). The zero-order valence-corrected chi connectivity index (χ0v) is 13.8. The van der Waals surface area contributed by atoms with Crippen LogP contribution in [-0.2, 0) is 4.79 Å². The standard InChI is InChI=1S/C15H17BrN4O2/c16-11-7-17-13(9-1-2-9)18-12(11)15(22)20-6-5-19(8-20)14(21)10-3-4-10/h7,9-10H,1-6,8H2. The highest BCUT2D eigenvalue weighted by Crippen LogP contribution is 2.38. The molecule has 0 aromatic carbocycles. The van der Waals surface area contributed by atoms with Gasteiger partial charge in [0.2, 0.25) is 5.91 Å². The predicted molar refractivity (Wildman–Crippen MR) is 82.0 cm³/mol. The molecule has 7 heteroatoms. The van der Waals surface area contributed by atoms with E-state index < -0.39 is 0 Å². The lowest BCUT2D eigenvalue weighted by Gasteiger charge is -2.18. The summed E-state index contributed by atoms with van der Waals surface area (Å²) in [7, 11) is 0. The Labute approximate surface area is 137 Å². The summed E-state index contributed by atoms with van der Waals surface area (Å²) >= 11 is 3.37. The number of hydrogen-bond acceptors (Lipinski definition) is 4. The summed E-state index contributed by atoms with van der Waals surface area (Å²) in [5.74, 6) is 1.43. The van der Waals surface area contributed by atoms with Crippen molar-refractivity contribution < 1.29 is 9.59 Å². The van der Waals surface area contributed by atoms with Crippen LogP contribution < -0.4 is 0 Å². The maximum Gasteiger partial charge on any atom is 0.275 e. The van der Waals surface area contributed by atoms with Gasteiger partial charge in [-0.1, -0.05) is 0 Å². The second kappa shape index (κ2) is 5.30. The molecule has 6 nitrogen and oxygen atoms in total. The minimum Gasteiger partial charge on any atom is -0.323 e. The van der Waals surface area contributed by atoms with Gasteiger partial charge in [0.05, 0.1) is 11.1 Å². The van der Waals surface area contributed by atoms with Gasteiger partial charge >= 0.3 is 0 Å². The number of nitrogens with zero attached hydrogens (tertiary/aromatic N) is 4. The van der Waals surface area contributed by atoms with Crippen LogP contribution in [-0.4, -0.2) is 51.3 Å². The summed E-state index contributed by atoms with van der Waals surface area (Å²) in [6, 6.07) is 0. The Morgan fingerprint density at radius 1 is 1.14 bits per heavy atom. The van der Waals surface area contributed by atoms with E-state index in [0.717, 1.165) is 31.5 Å². The zero-order valence-electron chi connectivity index (χ0n) is 12.2. The van der Waals surface area contributed by atoms with E-state index >= 15 is 0 Å². The molecular formula is C15H17BrN4O2. The fourth-order valence-corrected chi connectivity index (χ4v) is 3.10. The molecule has 0 unspecified atom stereocenters. The number of carbonyl (C=O) groups is 2. The average Bonchev–Trinajstić information content (AvgIpc) is 3.43. The smallest absolute Gasteiger partial charge is 0.275 e. The third-order valence-electron chi connectivity index (χ3n) is 4.41. The number of amides is 2. The highest BCUT2D eigenvalue weighted by atomic mass is 79.9. The quantitative estimate of drug-likeness (QED) is 0.819. The molecule has 3 fully saturated rings. The molecule has 1 aromatic rings.